The van der Waals surface area contributed by atoms with Crippen LogP contribution >= 0.6 is 0 Å². The van der Waals surface area contributed by atoms with Gasteiger partial charge in [0, 0.05) is 25.2 Å². The number of carbonyl (C=O) groups excluding carboxylic acids is 1. The van der Waals surface area contributed by atoms with Gasteiger partial charge >= 0.3 is 0 Å². The topological polar surface area (TPSA) is 71.7 Å². The molecule has 1 saturated heterocycles. The van der Waals surface area contributed by atoms with Crippen LogP contribution in [0.5, 0.6) is 5.75 Å². The number of amides is 1. The molecule has 0 aliphatic carbocycles. The maximum Gasteiger partial charge on any atom is 0.245 e. The van der Waals surface area contributed by atoms with Crippen molar-refractivity contribution in [2.45, 2.75) is 19.4 Å². The quantitative estimate of drug-likeness (QED) is 0.845. The first-order chi connectivity index (χ1) is 11.6. The van der Waals surface area contributed by atoms with Gasteiger partial charge in [0.15, 0.2) is 5.82 Å². The number of likely N-dealkylation sites (N-methyl/N-ethyl adjacent to an activating group) is 1. The lowest BCUT2D eigenvalue weighted by Crippen LogP contribution is -2.49. The summed E-state index contributed by atoms with van der Waals surface area (Å²) in [6, 6.07) is 7.54. The number of hydrogen-bond donors (Lipinski definition) is 0. The van der Waals surface area contributed by atoms with Gasteiger partial charge in [0.25, 0.3) is 0 Å². The van der Waals surface area contributed by atoms with Gasteiger partial charge in [-0.15, -0.1) is 0 Å². The second-order valence-electron chi connectivity index (χ2n) is 6.00. The lowest BCUT2D eigenvalue weighted by Gasteiger charge is -2.37. The van der Waals surface area contributed by atoms with Crippen LogP contribution in [-0.2, 0) is 11.2 Å². The molecule has 0 radical (unpaired) electrons. The highest BCUT2D eigenvalue weighted by molar-refractivity contribution is 5.79. The molecule has 0 spiro atoms. The first-order valence-corrected chi connectivity index (χ1v) is 7.98. The molecule has 24 heavy (non-hydrogen) atoms. The predicted molar refractivity (Wildman–Crippen MR) is 87.7 cm³/mol. The number of para-hydroxylation sites is 1. The first kappa shape index (κ1) is 16.4. The standard InChI is InChI=1S/C17H22N4O3/c1-12-18-17(24-19-12)14-11-21(9-8-20(14)2)16(22)10-13-6-4-5-7-15(13)23-3/h4-7,14H,8-11H2,1-3H3/t14-/m1/s1. The third-order valence-corrected chi connectivity index (χ3v) is 4.36. The molecule has 7 nitrogen and oxygen atoms in total. The van der Waals surface area contributed by atoms with E-state index in [9.17, 15) is 4.79 Å². The monoisotopic (exact) mass is 330 g/mol. The maximum atomic E-state index is 12.7. The van der Waals surface area contributed by atoms with Gasteiger partial charge in [-0.1, -0.05) is 23.4 Å². The SMILES string of the molecule is COc1ccccc1CC(=O)N1CCN(C)[C@@H](c2nc(C)no2)C1. The van der Waals surface area contributed by atoms with E-state index < -0.39 is 0 Å². The second-order valence-corrected chi connectivity index (χ2v) is 6.00. The maximum absolute atomic E-state index is 12.7. The molecule has 1 aromatic carbocycles. The fraction of sp³-hybridized carbons (Fsp3) is 0.471. The van der Waals surface area contributed by atoms with Crippen LogP contribution in [0.3, 0.4) is 0 Å². The number of aromatic nitrogens is 2. The number of ether oxygens (including phenoxy) is 1. The van der Waals surface area contributed by atoms with Crippen LogP contribution in [0.2, 0.25) is 0 Å². The number of carbonyl (C=O) groups is 1. The zero-order valence-electron chi connectivity index (χ0n) is 14.2. The molecule has 1 aliphatic heterocycles. The minimum Gasteiger partial charge on any atom is -0.496 e. The van der Waals surface area contributed by atoms with E-state index in [1.54, 1.807) is 14.0 Å². The summed E-state index contributed by atoms with van der Waals surface area (Å²) in [5, 5.41) is 3.85. The molecule has 128 valence electrons. The van der Waals surface area contributed by atoms with Crippen molar-refractivity contribution in [3.8, 4) is 5.75 Å². The van der Waals surface area contributed by atoms with Crippen LogP contribution in [0.15, 0.2) is 28.8 Å². The molecular weight excluding hydrogens is 308 g/mol. The highest BCUT2D eigenvalue weighted by Crippen LogP contribution is 2.24. The molecule has 7 heteroatoms. The third-order valence-electron chi connectivity index (χ3n) is 4.36. The Morgan fingerprint density at radius 2 is 2.17 bits per heavy atom. The second kappa shape index (κ2) is 7.00. The Labute approximate surface area is 141 Å². The van der Waals surface area contributed by atoms with Crippen LogP contribution in [0.25, 0.3) is 0 Å². The number of benzene rings is 1. The van der Waals surface area contributed by atoms with Gasteiger partial charge in [0.1, 0.15) is 11.8 Å². The largest absolute Gasteiger partial charge is 0.496 e. The van der Waals surface area contributed by atoms with E-state index in [0.29, 0.717) is 31.2 Å². The Morgan fingerprint density at radius 3 is 2.88 bits per heavy atom. The van der Waals surface area contributed by atoms with E-state index in [0.717, 1.165) is 17.9 Å². The Morgan fingerprint density at radius 1 is 1.38 bits per heavy atom. The summed E-state index contributed by atoms with van der Waals surface area (Å²) in [4.78, 5) is 21.0. The van der Waals surface area contributed by atoms with Crippen molar-refractivity contribution in [3.63, 3.8) is 0 Å². The van der Waals surface area contributed by atoms with Crippen molar-refractivity contribution in [2.75, 3.05) is 33.8 Å². The summed E-state index contributed by atoms with van der Waals surface area (Å²) in [6.45, 7) is 3.80. The fourth-order valence-corrected chi connectivity index (χ4v) is 2.94. The molecule has 1 amide bonds. The van der Waals surface area contributed by atoms with E-state index >= 15 is 0 Å². The molecule has 0 N–H and O–H groups in total. The van der Waals surface area contributed by atoms with Crippen molar-refractivity contribution in [2.24, 2.45) is 0 Å². The normalized spacial score (nSPS) is 18.6. The Kier molecular flexibility index (Phi) is 4.80. The van der Waals surface area contributed by atoms with E-state index in [2.05, 4.69) is 15.0 Å². The summed E-state index contributed by atoms with van der Waals surface area (Å²) >= 11 is 0. The van der Waals surface area contributed by atoms with Gasteiger partial charge in [-0.25, -0.2) is 0 Å². The summed E-state index contributed by atoms with van der Waals surface area (Å²) in [5.74, 6) is 1.98. The lowest BCUT2D eigenvalue weighted by molar-refractivity contribution is -0.133. The van der Waals surface area contributed by atoms with E-state index in [-0.39, 0.29) is 11.9 Å². The fourth-order valence-electron chi connectivity index (χ4n) is 2.94. The third kappa shape index (κ3) is 3.41. The van der Waals surface area contributed by atoms with E-state index in [1.165, 1.54) is 0 Å². The average Bonchev–Trinajstić information content (AvgIpc) is 3.02. The number of methoxy groups -OCH3 is 1. The molecular formula is C17H22N4O3. The summed E-state index contributed by atoms with van der Waals surface area (Å²) in [6.07, 6.45) is 0.323. The summed E-state index contributed by atoms with van der Waals surface area (Å²) in [7, 11) is 3.62. The smallest absolute Gasteiger partial charge is 0.245 e. The van der Waals surface area contributed by atoms with Gasteiger partial charge in [-0.3, -0.25) is 9.69 Å². The Hall–Kier alpha value is -2.41. The number of hydrogen-bond acceptors (Lipinski definition) is 6. The number of aryl methyl sites for hydroxylation is 1. The molecule has 1 atom stereocenters. The van der Waals surface area contributed by atoms with Crippen molar-refractivity contribution < 1.29 is 14.1 Å². The van der Waals surface area contributed by atoms with Gasteiger partial charge in [-0.2, -0.15) is 4.98 Å². The zero-order chi connectivity index (χ0) is 17.1. The van der Waals surface area contributed by atoms with Crippen molar-refractivity contribution in [1.82, 2.24) is 19.9 Å². The van der Waals surface area contributed by atoms with Crippen molar-refractivity contribution in [3.05, 3.63) is 41.5 Å². The molecule has 1 aliphatic rings. The van der Waals surface area contributed by atoms with Gasteiger partial charge in [0.2, 0.25) is 11.8 Å². The van der Waals surface area contributed by atoms with Crippen molar-refractivity contribution in [1.29, 1.82) is 0 Å². The van der Waals surface area contributed by atoms with Crippen LogP contribution < -0.4 is 4.74 Å². The van der Waals surface area contributed by atoms with E-state index in [4.69, 9.17) is 9.26 Å². The Balaban J connectivity index is 1.71. The van der Waals surface area contributed by atoms with Crippen LogP contribution in [-0.4, -0.2) is 59.6 Å². The molecule has 0 unspecified atom stereocenters. The summed E-state index contributed by atoms with van der Waals surface area (Å²) in [5.41, 5.74) is 0.897. The minimum absolute atomic E-state index is 0.0680. The number of piperazine rings is 1. The lowest BCUT2D eigenvalue weighted by atomic mass is 10.1. The minimum atomic E-state index is -0.0680. The van der Waals surface area contributed by atoms with Crippen LogP contribution in [0.4, 0.5) is 0 Å². The van der Waals surface area contributed by atoms with Crippen molar-refractivity contribution >= 4 is 5.91 Å². The van der Waals surface area contributed by atoms with Gasteiger partial charge in [0.05, 0.1) is 13.5 Å². The molecule has 1 aromatic heterocycles. The summed E-state index contributed by atoms with van der Waals surface area (Å²) < 4.78 is 10.6. The van der Waals surface area contributed by atoms with Crippen LogP contribution in [0.1, 0.15) is 23.3 Å². The first-order valence-electron chi connectivity index (χ1n) is 7.98. The predicted octanol–water partition coefficient (Wildman–Crippen LogP) is 1.44. The van der Waals surface area contributed by atoms with E-state index in [1.807, 2.05) is 36.2 Å². The van der Waals surface area contributed by atoms with Gasteiger partial charge < -0.3 is 14.2 Å². The highest BCUT2D eigenvalue weighted by atomic mass is 16.5. The molecule has 1 fully saturated rings. The highest BCUT2D eigenvalue weighted by Gasteiger charge is 2.32. The Bertz CT molecular complexity index is 715. The average molecular weight is 330 g/mol. The zero-order valence-corrected chi connectivity index (χ0v) is 14.2. The molecule has 2 aromatic rings. The molecule has 3 rings (SSSR count). The molecule has 0 saturated carbocycles. The van der Waals surface area contributed by atoms with Gasteiger partial charge in [-0.05, 0) is 20.0 Å². The molecule has 0 bridgehead atoms. The number of rotatable bonds is 4. The number of nitrogens with zero attached hydrogens (tertiary/aromatic N) is 4. The van der Waals surface area contributed by atoms with Crippen LogP contribution in [0, 0.1) is 6.92 Å². The molecule has 2 heterocycles.